The van der Waals surface area contributed by atoms with Crippen LogP contribution in [0.1, 0.15) is 52.4 Å². The summed E-state index contributed by atoms with van der Waals surface area (Å²) in [6.45, 7) is 5.03. The van der Waals surface area contributed by atoms with Crippen molar-refractivity contribution in [2.45, 2.75) is 70.5 Å². The van der Waals surface area contributed by atoms with Crippen LogP contribution in [-0.4, -0.2) is 66.2 Å². The van der Waals surface area contributed by atoms with E-state index in [9.17, 15) is 14.4 Å². The predicted molar refractivity (Wildman–Crippen MR) is 113 cm³/mol. The molecule has 0 spiro atoms. The summed E-state index contributed by atoms with van der Waals surface area (Å²) in [6.07, 6.45) is 2.96. The molecule has 0 aliphatic carbocycles. The van der Waals surface area contributed by atoms with E-state index >= 15 is 0 Å². The van der Waals surface area contributed by atoms with E-state index in [-0.39, 0.29) is 42.4 Å². The Morgan fingerprint density at radius 3 is 2.52 bits per heavy atom. The Morgan fingerprint density at radius 1 is 1.24 bits per heavy atom. The van der Waals surface area contributed by atoms with Crippen LogP contribution < -0.4 is 28.3 Å². The fraction of sp³-hybridized carbons (Fsp3) is 0.789. The second kappa shape index (κ2) is 12.4. The lowest BCUT2D eigenvalue weighted by Gasteiger charge is -2.29. The highest BCUT2D eigenvalue weighted by Crippen LogP contribution is 2.21. The number of nitrogens with one attached hydrogen (secondary N) is 1. The molecular weight excluding hydrogens is 374 g/mol. The van der Waals surface area contributed by atoms with Gasteiger partial charge in [-0.1, -0.05) is 13.8 Å². The molecule has 0 unspecified atom stereocenters. The first-order valence-electron chi connectivity index (χ1n) is 10.3. The number of carbonyl (C=O) groups excluding carboxylic acids is 3. The number of carbonyl (C=O) groups is 3. The molecule has 3 atom stereocenters. The first-order valence-corrected chi connectivity index (χ1v) is 10.3. The van der Waals surface area contributed by atoms with Crippen molar-refractivity contribution < 1.29 is 14.4 Å². The molecule has 10 heteroatoms. The zero-order valence-electron chi connectivity index (χ0n) is 17.6. The number of rotatable bonds is 12. The van der Waals surface area contributed by atoms with Crippen molar-refractivity contribution in [3.63, 3.8) is 0 Å². The van der Waals surface area contributed by atoms with Gasteiger partial charge in [0.2, 0.25) is 11.8 Å². The summed E-state index contributed by atoms with van der Waals surface area (Å²) in [5.74, 6) is -0.456. The zero-order valence-corrected chi connectivity index (χ0v) is 17.6. The summed E-state index contributed by atoms with van der Waals surface area (Å²) >= 11 is 0. The van der Waals surface area contributed by atoms with Crippen molar-refractivity contribution >= 4 is 23.6 Å². The van der Waals surface area contributed by atoms with Crippen LogP contribution >= 0.6 is 0 Å². The van der Waals surface area contributed by atoms with E-state index in [0.717, 1.165) is 6.42 Å². The van der Waals surface area contributed by atoms with E-state index in [1.165, 1.54) is 0 Å². The molecule has 0 saturated carbocycles. The van der Waals surface area contributed by atoms with E-state index in [2.05, 4.69) is 10.3 Å². The van der Waals surface area contributed by atoms with Crippen LogP contribution in [0.15, 0.2) is 4.99 Å². The topological polar surface area (TPSA) is 183 Å². The van der Waals surface area contributed by atoms with Crippen molar-refractivity contribution in [3.8, 4) is 0 Å². The van der Waals surface area contributed by atoms with E-state index in [1.807, 2.05) is 13.8 Å². The third-order valence-corrected chi connectivity index (χ3v) is 4.92. The summed E-state index contributed by atoms with van der Waals surface area (Å²) < 4.78 is 0. The quantitative estimate of drug-likeness (QED) is 0.152. The number of ketones is 1. The number of Topliss-reactive ketones (excluding diaryl/α,β-unsaturated/α-hetero) is 1. The summed E-state index contributed by atoms with van der Waals surface area (Å²) in [6, 6.07) is -1.95. The second-order valence-electron chi connectivity index (χ2n) is 7.94. The SMILES string of the molecule is CC(C)C[C@H](N)C(=O)N[C@@H](CCCN=C(N)N)C(=O)N1CCC[C@H]1C(=O)CCN. The zero-order chi connectivity index (χ0) is 22.0. The summed E-state index contributed by atoms with van der Waals surface area (Å²) in [7, 11) is 0. The molecule has 1 rings (SSSR count). The van der Waals surface area contributed by atoms with Crippen LogP contribution in [0.2, 0.25) is 0 Å². The molecule has 1 fully saturated rings. The Hall–Kier alpha value is -2.20. The van der Waals surface area contributed by atoms with Crippen LogP contribution in [0.5, 0.6) is 0 Å². The smallest absolute Gasteiger partial charge is 0.245 e. The van der Waals surface area contributed by atoms with Crippen molar-refractivity contribution in [2.75, 3.05) is 19.6 Å². The van der Waals surface area contributed by atoms with E-state index in [1.54, 1.807) is 4.90 Å². The fourth-order valence-electron chi connectivity index (χ4n) is 3.53. The molecule has 1 aliphatic rings. The minimum absolute atomic E-state index is 0.0251. The average Bonchev–Trinajstić information content (AvgIpc) is 3.12. The summed E-state index contributed by atoms with van der Waals surface area (Å²) in [4.78, 5) is 43.5. The van der Waals surface area contributed by atoms with Gasteiger partial charge in [0.05, 0.1) is 12.1 Å². The standard InChI is InChI=1S/C19H37N7O3/c1-12(2)11-13(21)17(28)25-14(5-3-9-24-19(22)23)18(29)26-10-4-6-15(26)16(27)7-8-20/h12-15H,3-11,20-21H2,1-2H3,(H,25,28)(H4,22,23,24)/t13-,14-,15-/m0/s1. The van der Waals surface area contributed by atoms with Gasteiger partial charge in [-0.2, -0.15) is 0 Å². The third kappa shape index (κ3) is 8.36. The Morgan fingerprint density at radius 2 is 1.93 bits per heavy atom. The number of nitrogens with two attached hydrogens (primary N) is 4. The van der Waals surface area contributed by atoms with Crippen LogP contribution in [-0.2, 0) is 14.4 Å². The minimum Gasteiger partial charge on any atom is -0.370 e. The summed E-state index contributed by atoms with van der Waals surface area (Å²) in [5.41, 5.74) is 22.1. The predicted octanol–water partition coefficient (Wildman–Crippen LogP) is -1.19. The Bertz CT molecular complexity index is 590. The molecule has 166 valence electrons. The maximum Gasteiger partial charge on any atom is 0.245 e. The number of guanidine groups is 1. The van der Waals surface area contributed by atoms with Crippen LogP contribution in [0.3, 0.4) is 0 Å². The van der Waals surface area contributed by atoms with Crippen LogP contribution in [0.25, 0.3) is 0 Å². The van der Waals surface area contributed by atoms with Crippen molar-refractivity contribution in [3.05, 3.63) is 0 Å². The van der Waals surface area contributed by atoms with Gasteiger partial charge in [-0.25, -0.2) is 0 Å². The number of hydrogen-bond donors (Lipinski definition) is 5. The molecule has 0 radical (unpaired) electrons. The third-order valence-electron chi connectivity index (χ3n) is 4.92. The number of hydrogen-bond acceptors (Lipinski definition) is 6. The van der Waals surface area contributed by atoms with Crippen LogP contribution in [0.4, 0.5) is 0 Å². The molecular formula is C19H37N7O3. The van der Waals surface area contributed by atoms with Gasteiger partial charge in [0, 0.05) is 19.5 Å². The fourth-order valence-corrected chi connectivity index (χ4v) is 3.53. The van der Waals surface area contributed by atoms with Gasteiger partial charge in [0.1, 0.15) is 6.04 Å². The lowest BCUT2D eigenvalue weighted by atomic mass is 10.0. The first kappa shape index (κ1) is 24.8. The average molecular weight is 412 g/mol. The highest BCUT2D eigenvalue weighted by Gasteiger charge is 2.37. The molecule has 1 saturated heterocycles. The maximum atomic E-state index is 13.2. The Labute approximate surface area is 172 Å². The number of likely N-dealkylation sites (tertiary alicyclic amines) is 1. The molecule has 0 aromatic heterocycles. The Balaban J connectivity index is 2.87. The molecule has 0 aromatic carbocycles. The number of aliphatic imine (C=N–C) groups is 1. The number of amides is 2. The maximum absolute atomic E-state index is 13.2. The molecule has 1 heterocycles. The molecule has 1 aliphatic heterocycles. The minimum atomic E-state index is -0.777. The molecule has 29 heavy (non-hydrogen) atoms. The first-order chi connectivity index (χ1) is 13.7. The molecule has 9 N–H and O–H groups in total. The van der Waals surface area contributed by atoms with E-state index in [0.29, 0.717) is 38.8 Å². The van der Waals surface area contributed by atoms with E-state index < -0.39 is 18.1 Å². The van der Waals surface area contributed by atoms with Gasteiger partial charge >= 0.3 is 0 Å². The van der Waals surface area contributed by atoms with Gasteiger partial charge < -0.3 is 33.2 Å². The van der Waals surface area contributed by atoms with Crippen LogP contribution in [0, 0.1) is 5.92 Å². The monoisotopic (exact) mass is 411 g/mol. The van der Waals surface area contributed by atoms with Gasteiger partial charge in [-0.05, 0) is 44.6 Å². The largest absolute Gasteiger partial charge is 0.370 e. The van der Waals surface area contributed by atoms with Crippen molar-refractivity contribution in [1.29, 1.82) is 0 Å². The van der Waals surface area contributed by atoms with Gasteiger partial charge in [0.25, 0.3) is 0 Å². The lowest BCUT2D eigenvalue weighted by molar-refractivity contribution is -0.141. The molecule has 0 aromatic rings. The summed E-state index contributed by atoms with van der Waals surface area (Å²) in [5, 5.41) is 2.78. The highest BCUT2D eigenvalue weighted by atomic mass is 16.2. The lowest BCUT2D eigenvalue weighted by Crippen LogP contribution is -2.54. The van der Waals surface area contributed by atoms with Crippen molar-refractivity contribution in [2.24, 2.45) is 33.8 Å². The van der Waals surface area contributed by atoms with Gasteiger partial charge in [-0.3, -0.25) is 19.4 Å². The highest BCUT2D eigenvalue weighted by molar-refractivity contribution is 5.94. The molecule has 10 nitrogen and oxygen atoms in total. The number of nitrogens with zero attached hydrogens (tertiary/aromatic N) is 2. The van der Waals surface area contributed by atoms with E-state index in [4.69, 9.17) is 22.9 Å². The normalized spacial score (nSPS) is 18.4. The second-order valence-corrected chi connectivity index (χ2v) is 7.94. The molecule has 0 bridgehead atoms. The van der Waals surface area contributed by atoms with Crippen molar-refractivity contribution in [1.82, 2.24) is 10.2 Å². The Kier molecular flexibility index (Phi) is 10.6. The van der Waals surface area contributed by atoms with Gasteiger partial charge in [-0.15, -0.1) is 0 Å². The molecule has 2 amide bonds. The van der Waals surface area contributed by atoms with Gasteiger partial charge in [0.15, 0.2) is 11.7 Å².